The third kappa shape index (κ3) is 3.09. The fourth-order valence-corrected chi connectivity index (χ4v) is 5.50. The minimum absolute atomic E-state index is 0.182. The molecule has 4 aromatic rings. The standard InChI is InChI=1S/C24H21NO4S/c1-17-20-12-6-7-14-22(20)25(30(27,28)19-10-4-3-5-11-19)23(17)21-13-8-9-18(15-16-26)24(21)29-2/h3-14,16H,15H2,1-2H3. The van der Waals surface area contributed by atoms with Crippen molar-refractivity contribution in [1.82, 2.24) is 3.97 Å². The summed E-state index contributed by atoms with van der Waals surface area (Å²) in [6.07, 6.45) is 0.993. The summed E-state index contributed by atoms with van der Waals surface area (Å²) < 4.78 is 34.5. The number of aryl methyl sites for hydroxylation is 1. The molecule has 0 N–H and O–H groups in total. The summed E-state index contributed by atoms with van der Waals surface area (Å²) in [7, 11) is -2.35. The van der Waals surface area contributed by atoms with Gasteiger partial charge in [0.25, 0.3) is 10.0 Å². The van der Waals surface area contributed by atoms with Gasteiger partial charge in [0.05, 0.1) is 23.2 Å². The molecule has 0 spiro atoms. The predicted molar refractivity (Wildman–Crippen MR) is 117 cm³/mol. The van der Waals surface area contributed by atoms with Crippen LogP contribution < -0.4 is 4.74 Å². The lowest BCUT2D eigenvalue weighted by atomic mass is 10.0. The lowest BCUT2D eigenvalue weighted by Gasteiger charge is -2.17. The number of aromatic nitrogens is 1. The van der Waals surface area contributed by atoms with Crippen LogP contribution in [0.15, 0.2) is 77.7 Å². The number of para-hydroxylation sites is 2. The van der Waals surface area contributed by atoms with Crippen LogP contribution in [0.25, 0.3) is 22.2 Å². The van der Waals surface area contributed by atoms with E-state index in [4.69, 9.17) is 4.74 Å². The molecule has 0 aliphatic rings. The smallest absolute Gasteiger partial charge is 0.268 e. The van der Waals surface area contributed by atoms with Gasteiger partial charge in [0, 0.05) is 22.9 Å². The van der Waals surface area contributed by atoms with Gasteiger partial charge in [0.15, 0.2) is 0 Å². The van der Waals surface area contributed by atoms with Crippen LogP contribution in [0.4, 0.5) is 0 Å². The van der Waals surface area contributed by atoms with Crippen molar-refractivity contribution in [3.63, 3.8) is 0 Å². The van der Waals surface area contributed by atoms with Crippen LogP contribution in [0, 0.1) is 6.92 Å². The third-order valence-electron chi connectivity index (χ3n) is 5.23. The van der Waals surface area contributed by atoms with Gasteiger partial charge in [-0.25, -0.2) is 12.4 Å². The number of fused-ring (bicyclic) bond motifs is 1. The second-order valence-corrected chi connectivity index (χ2v) is 8.73. The first-order valence-electron chi connectivity index (χ1n) is 9.51. The average Bonchev–Trinajstić information content (AvgIpc) is 3.07. The van der Waals surface area contributed by atoms with Crippen molar-refractivity contribution in [3.8, 4) is 17.0 Å². The topological polar surface area (TPSA) is 65.4 Å². The lowest BCUT2D eigenvalue weighted by Crippen LogP contribution is -2.14. The van der Waals surface area contributed by atoms with E-state index in [9.17, 15) is 13.2 Å². The van der Waals surface area contributed by atoms with Gasteiger partial charge < -0.3 is 9.53 Å². The second kappa shape index (κ2) is 7.80. The maximum Gasteiger partial charge on any atom is 0.268 e. The van der Waals surface area contributed by atoms with E-state index in [-0.39, 0.29) is 11.3 Å². The monoisotopic (exact) mass is 419 g/mol. The molecule has 152 valence electrons. The minimum atomic E-state index is -3.88. The van der Waals surface area contributed by atoms with E-state index in [2.05, 4.69) is 0 Å². The van der Waals surface area contributed by atoms with E-state index in [0.717, 1.165) is 17.2 Å². The molecule has 3 aromatic carbocycles. The molecular weight excluding hydrogens is 398 g/mol. The Morgan fingerprint density at radius 3 is 2.33 bits per heavy atom. The summed E-state index contributed by atoms with van der Waals surface area (Å²) in [6, 6.07) is 21.2. The number of nitrogens with zero attached hydrogens (tertiary/aromatic N) is 1. The fraction of sp³-hybridized carbons (Fsp3) is 0.125. The van der Waals surface area contributed by atoms with Crippen molar-refractivity contribution < 1.29 is 17.9 Å². The normalized spacial score (nSPS) is 11.5. The Hall–Kier alpha value is -3.38. The summed E-state index contributed by atoms with van der Waals surface area (Å²) in [5, 5.41) is 0.842. The molecule has 0 atom stereocenters. The predicted octanol–water partition coefficient (Wildman–Crippen LogP) is 4.60. The quantitative estimate of drug-likeness (QED) is 0.428. The summed E-state index contributed by atoms with van der Waals surface area (Å²) in [4.78, 5) is 11.4. The molecule has 0 fully saturated rings. The minimum Gasteiger partial charge on any atom is -0.496 e. The molecule has 0 aliphatic heterocycles. The number of benzene rings is 3. The number of hydrogen-bond donors (Lipinski definition) is 0. The highest BCUT2D eigenvalue weighted by Gasteiger charge is 2.28. The molecule has 4 rings (SSSR count). The zero-order chi connectivity index (χ0) is 21.3. The zero-order valence-electron chi connectivity index (χ0n) is 16.7. The van der Waals surface area contributed by atoms with Gasteiger partial charge in [-0.15, -0.1) is 0 Å². The van der Waals surface area contributed by atoms with Crippen molar-refractivity contribution >= 4 is 27.2 Å². The van der Waals surface area contributed by atoms with Gasteiger partial charge in [0.1, 0.15) is 12.0 Å². The Kier molecular flexibility index (Phi) is 5.18. The Morgan fingerprint density at radius 1 is 0.933 bits per heavy atom. The van der Waals surface area contributed by atoms with Crippen molar-refractivity contribution in [3.05, 3.63) is 83.9 Å². The van der Waals surface area contributed by atoms with Gasteiger partial charge in [-0.2, -0.15) is 0 Å². The summed E-state index contributed by atoms with van der Waals surface area (Å²) >= 11 is 0. The van der Waals surface area contributed by atoms with Gasteiger partial charge in [-0.1, -0.05) is 48.5 Å². The van der Waals surface area contributed by atoms with Crippen LogP contribution in [0.2, 0.25) is 0 Å². The van der Waals surface area contributed by atoms with Crippen molar-refractivity contribution in [1.29, 1.82) is 0 Å². The molecule has 6 heteroatoms. The van der Waals surface area contributed by atoms with Gasteiger partial charge in [-0.05, 0) is 36.8 Å². The number of aldehydes is 1. The van der Waals surface area contributed by atoms with Crippen LogP contribution >= 0.6 is 0 Å². The van der Waals surface area contributed by atoms with Crippen molar-refractivity contribution in [2.24, 2.45) is 0 Å². The van der Waals surface area contributed by atoms with E-state index >= 15 is 0 Å². The van der Waals surface area contributed by atoms with Crippen molar-refractivity contribution in [2.75, 3.05) is 7.11 Å². The van der Waals surface area contributed by atoms with E-state index in [0.29, 0.717) is 28.1 Å². The molecule has 0 radical (unpaired) electrons. The molecule has 0 saturated carbocycles. The van der Waals surface area contributed by atoms with Gasteiger partial charge in [0.2, 0.25) is 0 Å². The summed E-state index contributed by atoms with van der Waals surface area (Å²) in [5.41, 5.74) is 3.29. The number of carbonyl (C=O) groups is 1. The zero-order valence-corrected chi connectivity index (χ0v) is 17.5. The van der Waals surface area contributed by atoms with E-state index in [1.165, 1.54) is 11.1 Å². The molecule has 1 aromatic heterocycles. The maximum atomic E-state index is 13.7. The highest BCUT2D eigenvalue weighted by atomic mass is 32.2. The highest BCUT2D eigenvalue weighted by molar-refractivity contribution is 7.90. The molecule has 1 heterocycles. The van der Waals surface area contributed by atoms with Gasteiger partial charge >= 0.3 is 0 Å². The maximum absolute atomic E-state index is 13.7. The van der Waals surface area contributed by atoms with Crippen LogP contribution in [0.3, 0.4) is 0 Å². The molecule has 0 aliphatic carbocycles. The number of carbonyl (C=O) groups excluding carboxylic acids is 1. The number of methoxy groups -OCH3 is 1. The van der Waals surface area contributed by atoms with E-state index in [1.807, 2.05) is 43.3 Å². The first-order valence-corrected chi connectivity index (χ1v) is 10.9. The Labute approximate surface area is 175 Å². The molecular formula is C24H21NO4S. The fourth-order valence-electron chi connectivity index (χ4n) is 3.89. The van der Waals surface area contributed by atoms with E-state index < -0.39 is 10.0 Å². The third-order valence-corrected chi connectivity index (χ3v) is 6.95. The summed E-state index contributed by atoms with van der Waals surface area (Å²) in [6.45, 7) is 1.90. The number of ether oxygens (including phenoxy) is 1. The Morgan fingerprint density at radius 2 is 1.63 bits per heavy atom. The van der Waals surface area contributed by atoms with Crippen molar-refractivity contribution in [2.45, 2.75) is 18.2 Å². The number of rotatable bonds is 6. The van der Waals surface area contributed by atoms with Crippen LogP contribution in [0.1, 0.15) is 11.1 Å². The number of hydrogen-bond acceptors (Lipinski definition) is 4. The average molecular weight is 420 g/mol. The first-order chi connectivity index (χ1) is 14.5. The molecule has 0 saturated heterocycles. The van der Waals surface area contributed by atoms with Gasteiger partial charge in [-0.3, -0.25) is 0 Å². The molecule has 0 bridgehead atoms. The molecule has 5 nitrogen and oxygen atoms in total. The van der Waals surface area contributed by atoms with Crippen LogP contribution in [0.5, 0.6) is 5.75 Å². The first kappa shape index (κ1) is 19.9. The SMILES string of the molecule is COc1c(CC=O)cccc1-c1c(C)c2ccccc2n1S(=O)(=O)c1ccccc1. The van der Waals surface area contributed by atoms with E-state index in [1.54, 1.807) is 36.4 Å². The lowest BCUT2D eigenvalue weighted by molar-refractivity contribution is -0.107. The Balaban J connectivity index is 2.13. The largest absolute Gasteiger partial charge is 0.496 e. The molecule has 30 heavy (non-hydrogen) atoms. The second-order valence-electron chi connectivity index (χ2n) is 6.94. The molecule has 0 unspecified atom stereocenters. The van der Waals surface area contributed by atoms with Crippen LogP contribution in [-0.4, -0.2) is 25.8 Å². The molecule has 0 amide bonds. The van der Waals surface area contributed by atoms with Crippen LogP contribution in [-0.2, 0) is 21.2 Å². The Bertz CT molecular complexity index is 1340. The highest BCUT2D eigenvalue weighted by Crippen LogP contribution is 2.41. The summed E-state index contributed by atoms with van der Waals surface area (Å²) in [5.74, 6) is 0.500.